The molecule has 0 aromatic heterocycles. The number of aliphatic hydroxyl groups excluding tert-OH is 2. The number of aliphatic hydroxyl groups is 2. The largest absolute Gasteiger partial charge is 0.386 e. The van der Waals surface area contributed by atoms with Crippen molar-refractivity contribution in [3.8, 4) is 0 Å². The third-order valence-corrected chi connectivity index (χ3v) is 2.18. The molecule has 0 amide bonds. The Morgan fingerprint density at radius 3 is 2.64 bits per heavy atom. The van der Waals surface area contributed by atoms with Crippen LogP contribution in [0.1, 0.15) is 13.3 Å². The first-order valence-electron chi connectivity index (χ1n) is 3.59. The highest BCUT2D eigenvalue weighted by Gasteiger charge is 2.22. The number of hydrogen-bond donors (Lipinski definition) is 2. The van der Waals surface area contributed by atoms with Gasteiger partial charge in [-0.15, -0.1) is 0 Å². The van der Waals surface area contributed by atoms with E-state index >= 15 is 0 Å². The van der Waals surface area contributed by atoms with E-state index in [0.29, 0.717) is 17.0 Å². The van der Waals surface area contributed by atoms with Crippen LogP contribution in [0, 0.1) is 0 Å². The molecule has 1 aliphatic carbocycles. The first-order chi connectivity index (χ1) is 5.16. The lowest BCUT2D eigenvalue weighted by atomic mass is 9.97. The second-order valence-corrected chi connectivity index (χ2v) is 2.93. The molecule has 0 aromatic rings. The number of allylic oxidation sites excluding steroid dienone is 2. The Labute approximate surface area is 70.8 Å². The lowest BCUT2D eigenvalue weighted by molar-refractivity contribution is 0.0693. The van der Waals surface area contributed by atoms with Crippen LogP contribution in [0.2, 0.25) is 0 Å². The van der Waals surface area contributed by atoms with Gasteiger partial charge in [0.05, 0.1) is 0 Å². The second kappa shape index (κ2) is 3.39. The van der Waals surface area contributed by atoms with Crippen molar-refractivity contribution in [1.82, 2.24) is 0 Å². The van der Waals surface area contributed by atoms with Gasteiger partial charge in [-0.3, -0.25) is 0 Å². The molecular weight excluding hydrogens is 164 g/mol. The molecule has 0 saturated carbocycles. The molecule has 2 N–H and O–H groups in total. The zero-order chi connectivity index (χ0) is 8.43. The van der Waals surface area contributed by atoms with Gasteiger partial charge in [0.25, 0.3) is 0 Å². The maximum atomic E-state index is 9.36. The van der Waals surface area contributed by atoms with Crippen LogP contribution in [-0.4, -0.2) is 22.4 Å². The van der Waals surface area contributed by atoms with E-state index in [4.69, 9.17) is 16.7 Å². The zero-order valence-corrected chi connectivity index (χ0v) is 7.04. The fraction of sp³-hybridized carbons (Fsp3) is 0.500. The van der Waals surface area contributed by atoms with Crippen LogP contribution in [0.5, 0.6) is 0 Å². The van der Waals surface area contributed by atoms with Gasteiger partial charge in [-0.05, 0) is 18.1 Å². The molecule has 2 nitrogen and oxygen atoms in total. The molecule has 0 spiro atoms. The van der Waals surface area contributed by atoms with Crippen LogP contribution >= 0.6 is 11.6 Å². The van der Waals surface area contributed by atoms with Gasteiger partial charge in [-0.25, -0.2) is 0 Å². The minimum Gasteiger partial charge on any atom is -0.386 e. The summed E-state index contributed by atoms with van der Waals surface area (Å²) in [5.74, 6) is 0. The first-order valence-corrected chi connectivity index (χ1v) is 3.97. The molecule has 2 atom stereocenters. The van der Waals surface area contributed by atoms with Crippen molar-refractivity contribution in [3.63, 3.8) is 0 Å². The second-order valence-electron chi connectivity index (χ2n) is 2.52. The van der Waals surface area contributed by atoms with Gasteiger partial charge in [0, 0.05) is 5.03 Å². The van der Waals surface area contributed by atoms with Gasteiger partial charge in [0.1, 0.15) is 12.2 Å². The Kier molecular flexibility index (Phi) is 2.71. The molecule has 0 radical (unpaired) electrons. The Morgan fingerprint density at radius 1 is 1.55 bits per heavy atom. The SMILES string of the molecule is CCC1=C(Cl)C=C[C@H](O)[C@@H]1O. The monoisotopic (exact) mass is 174 g/mol. The summed E-state index contributed by atoms with van der Waals surface area (Å²) in [5.41, 5.74) is 0.710. The molecule has 0 fully saturated rings. The van der Waals surface area contributed by atoms with Crippen LogP contribution in [0.3, 0.4) is 0 Å². The van der Waals surface area contributed by atoms with Crippen molar-refractivity contribution in [2.24, 2.45) is 0 Å². The maximum absolute atomic E-state index is 9.36. The predicted molar refractivity (Wildman–Crippen MR) is 44.3 cm³/mol. The summed E-state index contributed by atoms with van der Waals surface area (Å²) in [5, 5.41) is 19.1. The lowest BCUT2D eigenvalue weighted by Gasteiger charge is -2.21. The molecule has 0 unspecified atom stereocenters. The number of hydrogen-bond acceptors (Lipinski definition) is 2. The summed E-state index contributed by atoms with van der Waals surface area (Å²) >= 11 is 5.76. The third kappa shape index (κ3) is 1.64. The highest BCUT2D eigenvalue weighted by atomic mass is 35.5. The number of halogens is 1. The van der Waals surface area contributed by atoms with Gasteiger partial charge in [0.2, 0.25) is 0 Å². The van der Waals surface area contributed by atoms with E-state index < -0.39 is 12.2 Å². The van der Waals surface area contributed by atoms with Crippen molar-refractivity contribution in [2.75, 3.05) is 0 Å². The van der Waals surface area contributed by atoms with E-state index in [9.17, 15) is 5.11 Å². The van der Waals surface area contributed by atoms with Crippen molar-refractivity contribution in [2.45, 2.75) is 25.6 Å². The predicted octanol–water partition coefficient (Wildman–Crippen LogP) is 1.18. The summed E-state index contributed by atoms with van der Waals surface area (Å²) in [6, 6.07) is 0. The van der Waals surface area contributed by atoms with Crippen LogP contribution in [0.4, 0.5) is 0 Å². The van der Waals surface area contributed by atoms with Crippen molar-refractivity contribution in [1.29, 1.82) is 0 Å². The third-order valence-electron chi connectivity index (χ3n) is 1.81. The fourth-order valence-corrected chi connectivity index (χ4v) is 1.44. The average Bonchev–Trinajstić information content (AvgIpc) is 1.99. The van der Waals surface area contributed by atoms with E-state index in [1.165, 1.54) is 6.08 Å². The van der Waals surface area contributed by atoms with Crippen LogP contribution in [-0.2, 0) is 0 Å². The lowest BCUT2D eigenvalue weighted by Crippen LogP contribution is -2.28. The van der Waals surface area contributed by atoms with E-state index in [-0.39, 0.29) is 0 Å². The van der Waals surface area contributed by atoms with Gasteiger partial charge in [-0.2, -0.15) is 0 Å². The summed E-state index contributed by atoms with van der Waals surface area (Å²) in [7, 11) is 0. The van der Waals surface area contributed by atoms with Crippen LogP contribution < -0.4 is 0 Å². The highest BCUT2D eigenvalue weighted by Crippen LogP contribution is 2.24. The fourth-order valence-electron chi connectivity index (χ4n) is 1.12. The smallest absolute Gasteiger partial charge is 0.106 e. The van der Waals surface area contributed by atoms with Crippen molar-refractivity contribution < 1.29 is 10.2 Å². The molecule has 0 aromatic carbocycles. The van der Waals surface area contributed by atoms with Crippen molar-refractivity contribution >= 4 is 11.6 Å². The summed E-state index contributed by atoms with van der Waals surface area (Å²) in [6.07, 6.45) is 2.16. The van der Waals surface area contributed by atoms with E-state index in [1.54, 1.807) is 6.08 Å². The van der Waals surface area contributed by atoms with Crippen molar-refractivity contribution in [3.05, 3.63) is 22.8 Å². The van der Waals surface area contributed by atoms with Crippen LogP contribution in [0.15, 0.2) is 22.8 Å². The molecule has 0 saturated heterocycles. The van der Waals surface area contributed by atoms with E-state index in [0.717, 1.165) is 0 Å². The average molecular weight is 175 g/mol. The van der Waals surface area contributed by atoms with Crippen LogP contribution in [0.25, 0.3) is 0 Å². The maximum Gasteiger partial charge on any atom is 0.106 e. The van der Waals surface area contributed by atoms with Gasteiger partial charge in [0.15, 0.2) is 0 Å². The Hall–Kier alpha value is -0.310. The topological polar surface area (TPSA) is 40.5 Å². The molecule has 0 aliphatic heterocycles. The normalized spacial score (nSPS) is 31.3. The Morgan fingerprint density at radius 2 is 2.18 bits per heavy atom. The molecule has 1 rings (SSSR count). The highest BCUT2D eigenvalue weighted by molar-refractivity contribution is 6.31. The minimum atomic E-state index is -0.822. The van der Waals surface area contributed by atoms with E-state index in [2.05, 4.69) is 0 Å². The summed E-state index contributed by atoms with van der Waals surface area (Å²) < 4.78 is 0. The Bertz CT molecular complexity index is 208. The zero-order valence-electron chi connectivity index (χ0n) is 6.29. The molecule has 0 heterocycles. The quantitative estimate of drug-likeness (QED) is 0.627. The first kappa shape index (κ1) is 8.78. The molecular formula is C8H11ClO2. The molecule has 0 bridgehead atoms. The van der Waals surface area contributed by atoms with Gasteiger partial charge >= 0.3 is 0 Å². The van der Waals surface area contributed by atoms with Gasteiger partial charge < -0.3 is 10.2 Å². The Balaban J connectivity index is 2.89. The standard InChI is InChI=1S/C8H11ClO2/c1-2-5-6(9)3-4-7(10)8(5)11/h3-4,7-8,10-11H,2H2,1H3/t7-,8+/m0/s1. The van der Waals surface area contributed by atoms with E-state index in [1.807, 2.05) is 6.92 Å². The minimum absolute atomic E-state index is 0.547. The summed E-state index contributed by atoms with van der Waals surface area (Å²) in [4.78, 5) is 0. The summed E-state index contributed by atoms with van der Waals surface area (Å²) in [6.45, 7) is 1.90. The molecule has 3 heteroatoms. The molecule has 1 aliphatic rings. The molecule has 11 heavy (non-hydrogen) atoms. The molecule has 62 valence electrons. The number of rotatable bonds is 1. The van der Waals surface area contributed by atoms with Gasteiger partial charge in [-0.1, -0.05) is 24.6 Å².